The summed E-state index contributed by atoms with van der Waals surface area (Å²) in [5.74, 6) is -3.32. The summed E-state index contributed by atoms with van der Waals surface area (Å²) in [6.45, 7) is -2.78. The molecule has 4 nitrogen and oxygen atoms in total. The number of carboxylic acid groups (broad SMARTS) is 2. The van der Waals surface area contributed by atoms with Crippen LogP contribution in [0.3, 0.4) is 0 Å². The summed E-state index contributed by atoms with van der Waals surface area (Å²) in [6, 6.07) is 0. The Hall–Kier alpha value is -0.681. The van der Waals surface area contributed by atoms with Crippen molar-refractivity contribution in [3.05, 3.63) is 0 Å². The van der Waals surface area contributed by atoms with Crippen LogP contribution in [-0.2, 0) is 26.7 Å². The number of carbonyl (C=O) groups excluding carboxylic acids is 2. The smallest absolute Gasteiger partial charge is 0.129 e. The molecule has 0 unspecified atom stereocenters. The van der Waals surface area contributed by atoms with Crippen LogP contribution in [0.5, 0.6) is 0 Å². The maximum Gasteiger partial charge on any atom is 0.129 e. The van der Waals surface area contributed by atoms with E-state index in [4.69, 9.17) is 19.8 Å². The normalized spacial score (nSPS) is 6.73. The van der Waals surface area contributed by atoms with Crippen LogP contribution in [-0.4, -0.2) is 25.3 Å². The van der Waals surface area contributed by atoms with E-state index in [9.17, 15) is 8.78 Å². The molecule has 0 amide bonds. The van der Waals surface area contributed by atoms with E-state index in [-0.39, 0.29) is 17.1 Å². The van der Waals surface area contributed by atoms with Crippen LogP contribution in [0.1, 0.15) is 0 Å². The first-order chi connectivity index (χ1) is 4.54. The second-order valence-corrected chi connectivity index (χ2v) is 1.01. The van der Waals surface area contributed by atoms with Crippen molar-refractivity contribution in [2.24, 2.45) is 0 Å². The predicted octanol–water partition coefficient (Wildman–Crippen LogP) is -2.59. The minimum atomic E-state index is -1.66. The Morgan fingerprint density at radius 2 is 1.09 bits per heavy atom. The van der Waals surface area contributed by atoms with E-state index in [0.717, 1.165) is 0 Å². The van der Waals surface area contributed by atoms with Crippen molar-refractivity contribution >= 4 is 11.9 Å². The summed E-state index contributed by atoms with van der Waals surface area (Å²) in [7, 11) is 0. The third-order valence-corrected chi connectivity index (χ3v) is 0.218. The summed E-state index contributed by atoms with van der Waals surface area (Å²) in [4.78, 5) is 17.8. The van der Waals surface area contributed by atoms with Crippen molar-refractivity contribution in [1.82, 2.24) is 0 Å². The quantitative estimate of drug-likeness (QED) is 0.476. The first kappa shape index (κ1) is 16.7. The summed E-state index contributed by atoms with van der Waals surface area (Å²) in [5.41, 5.74) is 0. The number of rotatable bonds is 2. The fourth-order valence-corrected chi connectivity index (χ4v) is 0. The van der Waals surface area contributed by atoms with Gasteiger partial charge in [0.25, 0.3) is 0 Å². The fourth-order valence-electron chi connectivity index (χ4n) is 0. The third kappa shape index (κ3) is 45.3. The number of aliphatic carboxylic acids is 2. The molecule has 0 atom stereocenters. The maximum atomic E-state index is 10.5. The van der Waals surface area contributed by atoms with Gasteiger partial charge in [-0.25, -0.2) is 8.78 Å². The number of alkyl halides is 2. The molecular weight excluding hydrogens is 214 g/mol. The summed E-state index contributed by atoms with van der Waals surface area (Å²) in [6.07, 6.45) is 0. The van der Waals surface area contributed by atoms with Crippen molar-refractivity contribution in [3.8, 4) is 0 Å². The first-order valence-electron chi connectivity index (χ1n) is 2.06. The van der Waals surface area contributed by atoms with Crippen LogP contribution < -0.4 is 10.2 Å². The summed E-state index contributed by atoms with van der Waals surface area (Å²) >= 11 is 0. The molecule has 0 aliphatic heterocycles. The second-order valence-electron chi connectivity index (χ2n) is 1.01. The predicted molar refractivity (Wildman–Crippen MR) is 22.0 cm³/mol. The van der Waals surface area contributed by atoms with Crippen LogP contribution in [0.15, 0.2) is 0 Å². The van der Waals surface area contributed by atoms with Gasteiger partial charge in [0.15, 0.2) is 0 Å². The zero-order valence-corrected chi connectivity index (χ0v) is 6.05. The zero-order valence-electron chi connectivity index (χ0n) is 5.10. The average molecular weight is 218 g/mol. The van der Waals surface area contributed by atoms with E-state index >= 15 is 0 Å². The van der Waals surface area contributed by atoms with Crippen LogP contribution in [0.4, 0.5) is 8.78 Å². The van der Waals surface area contributed by atoms with E-state index in [1.54, 1.807) is 0 Å². The Morgan fingerprint density at radius 3 is 1.09 bits per heavy atom. The Balaban J connectivity index is -0.000000107. The van der Waals surface area contributed by atoms with Gasteiger partial charge in [0, 0.05) is 17.1 Å². The molecule has 7 heteroatoms. The van der Waals surface area contributed by atoms with E-state index < -0.39 is 25.3 Å². The maximum absolute atomic E-state index is 10.5. The molecule has 0 heterocycles. The molecule has 0 spiro atoms. The molecule has 0 N–H and O–H groups in total. The number of carboxylic acids is 2. The molecule has 0 bridgehead atoms. The molecule has 0 aliphatic carbocycles. The van der Waals surface area contributed by atoms with Crippen molar-refractivity contribution in [2.75, 3.05) is 13.3 Å². The van der Waals surface area contributed by atoms with E-state index in [1.165, 1.54) is 0 Å². The van der Waals surface area contributed by atoms with Crippen molar-refractivity contribution < 1.29 is 45.7 Å². The van der Waals surface area contributed by atoms with Gasteiger partial charge in [-0.1, -0.05) is 0 Å². The van der Waals surface area contributed by atoms with Gasteiger partial charge < -0.3 is 19.8 Å². The van der Waals surface area contributed by atoms with Gasteiger partial charge in [0.1, 0.15) is 13.3 Å². The molecule has 71 valence electrons. The Labute approximate surface area is 71.7 Å². The largest absolute Gasteiger partial charge is 0.547 e. The molecule has 0 saturated heterocycles. The zero-order chi connectivity index (χ0) is 8.57. The molecule has 1 radical (unpaired) electrons. The van der Waals surface area contributed by atoms with Crippen molar-refractivity contribution in [1.29, 1.82) is 0 Å². The fraction of sp³-hybridized carbons (Fsp3) is 0.500. The molecule has 0 aliphatic rings. The standard InChI is InChI=1S/2C2H3FO2.Cu/c2*3-1-2(4)5;/h2*1H2,(H,4,5);/p-2. The summed E-state index contributed by atoms with van der Waals surface area (Å²) in [5, 5.41) is 17.8. The number of hydrogen-bond acceptors (Lipinski definition) is 4. The number of hydrogen-bond donors (Lipinski definition) is 0. The molecule has 0 aromatic heterocycles. The van der Waals surface area contributed by atoms with E-state index in [1.807, 2.05) is 0 Å². The van der Waals surface area contributed by atoms with Gasteiger partial charge in [-0.15, -0.1) is 0 Å². The number of carbonyl (C=O) groups is 2. The third-order valence-electron chi connectivity index (χ3n) is 0.218. The Bertz CT molecular complexity index is 105. The molecule has 0 aromatic carbocycles. The van der Waals surface area contributed by atoms with Crippen LogP contribution in [0, 0.1) is 0 Å². The SMILES string of the molecule is O=C([O-])CF.O=C([O-])CF.[Cu]. The van der Waals surface area contributed by atoms with Gasteiger partial charge in [-0.3, -0.25) is 0 Å². The topological polar surface area (TPSA) is 80.3 Å². The Kier molecular flexibility index (Phi) is 18.3. The van der Waals surface area contributed by atoms with E-state index in [0.29, 0.717) is 0 Å². The number of halogens is 2. The van der Waals surface area contributed by atoms with Crippen LogP contribution in [0.25, 0.3) is 0 Å². The first-order valence-corrected chi connectivity index (χ1v) is 2.06. The van der Waals surface area contributed by atoms with Gasteiger partial charge >= 0.3 is 0 Å². The van der Waals surface area contributed by atoms with Crippen molar-refractivity contribution in [3.63, 3.8) is 0 Å². The Morgan fingerprint density at radius 1 is 1.00 bits per heavy atom. The average Bonchev–Trinajstić information content (AvgIpc) is 1.89. The van der Waals surface area contributed by atoms with Gasteiger partial charge in [0.2, 0.25) is 0 Å². The van der Waals surface area contributed by atoms with Gasteiger partial charge in [-0.05, 0) is 0 Å². The molecule has 0 fully saturated rings. The molecule has 0 saturated carbocycles. The molecule has 0 aromatic rings. The minimum absolute atomic E-state index is 0. The van der Waals surface area contributed by atoms with Crippen LogP contribution in [0.2, 0.25) is 0 Å². The summed E-state index contributed by atoms with van der Waals surface area (Å²) < 4.78 is 20.9. The molecule has 11 heavy (non-hydrogen) atoms. The second kappa shape index (κ2) is 12.0. The van der Waals surface area contributed by atoms with Crippen molar-refractivity contribution in [2.45, 2.75) is 0 Å². The molecular formula is C4H4CuF2O4-2. The monoisotopic (exact) mass is 217 g/mol. The van der Waals surface area contributed by atoms with E-state index in [2.05, 4.69) is 0 Å². The van der Waals surface area contributed by atoms with Gasteiger partial charge in [-0.2, -0.15) is 0 Å². The minimum Gasteiger partial charge on any atom is -0.547 e. The van der Waals surface area contributed by atoms with Gasteiger partial charge in [0.05, 0.1) is 11.9 Å². The van der Waals surface area contributed by atoms with Crippen LogP contribution >= 0.6 is 0 Å². The molecule has 0 rings (SSSR count).